The normalized spacial score (nSPS) is 11.2. The Morgan fingerprint density at radius 3 is 2.37 bits per heavy atom. The average Bonchev–Trinajstić information content (AvgIpc) is 2.21. The van der Waals surface area contributed by atoms with Gasteiger partial charge >= 0.3 is 5.69 Å². The van der Waals surface area contributed by atoms with Crippen LogP contribution in [0.15, 0.2) is 15.8 Å². The highest BCUT2D eigenvalue weighted by atomic mass is 16.2. The number of carbonyl (C=O) groups is 2. The van der Waals surface area contributed by atoms with Crippen molar-refractivity contribution < 1.29 is 9.59 Å². The van der Waals surface area contributed by atoms with Gasteiger partial charge in [0.25, 0.3) is 5.56 Å². The van der Waals surface area contributed by atoms with Crippen molar-refractivity contribution in [3.8, 4) is 0 Å². The first-order valence-electron chi connectivity index (χ1n) is 5.76. The molecule has 0 bridgehead atoms. The molecule has 1 aromatic rings. The maximum atomic E-state index is 11.9. The number of Topliss-reactive ketones (excluding diaryl/α,β-unsaturated/α-hetero) is 1. The summed E-state index contributed by atoms with van der Waals surface area (Å²) in [4.78, 5) is 48.6. The Morgan fingerprint density at radius 1 is 1.32 bits per heavy atom. The quantitative estimate of drug-likeness (QED) is 0.731. The highest BCUT2D eigenvalue weighted by Gasteiger charge is 2.17. The van der Waals surface area contributed by atoms with Crippen LogP contribution in [0, 0.1) is 0 Å². The van der Waals surface area contributed by atoms with Gasteiger partial charge in [0.1, 0.15) is 6.54 Å². The summed E-state index contributed by atoms with van der Waals surface area (Å²) in [6.45, 7) is 6.14. The van der Waals surface area contributed by atoms with Crippen molar-refractivity contribution in [2.75, 3.05) is 0 Å². The second-order valence-corrected chi connectivity index (χ2v) is 5.25. The van der Waals surface area contributed by atoms with E-state index >= 15 is 0 Å². The van der Waals surface area contributed by atoms with E-state index in [2.05, 4.69) is 10.3 Å². The standard InChI is InChI=1S/C12H17N3O4/c1-7(16)8-5-13-11(19)15(10(8)18)6-9(17)14-12(2,3)4/h5H,6H2,1-4H3,(H,13,19)(H,14,17). The third-order valence-electron chi connectivity index (χ3n) is 2.26. The number of rotatable bonds is 3. The SMILES string of the molecule is CC(=O)c1c[nH]c(=O)n(CC(=O)NC(C)(C)C)c1=O. The molecule has 0 saturated carbocycles. The first-order chi connectivity index (χ1) is 8.61. The molecule has 0 spiro atoms. The van der Waals surface area contributed by atoms with Crippen LogP contribution in [-0.2, 0) is 11.3 Å². The molecule has 0 radical (unpaired) electrons. The summed E-state index contributed by atoms with van der Waals surface area (Å²) in [7, 11) is 0. The highest BCUT2D eigenvalue weighted by molar-refractivity contribution is 5.93. The molecule has 1 rings (SSSR count). The fourth-order valence-electron chi connectivity index (χ4n) is 1.51. The Hall–Kier alpha value is -2.18. The van der Waals surface area contributed by atoms with E-state index in [0.29, 0.717) is 4.57 Å². The van der Waals surface area contributed by atoms with Crippen molar-refractivity contribution in [3.05, 3.63) is 32.6 Å². The van der Waals surface area contributed by atoms with Crippen LogP contribution in [0.3, 0.4) is 0 Å². The monoisotopic (exact) mass is 267 g/mol. The van der Waals surface area contributed by atoms with Gasteiger partial charge in [-0.05, 0) is 27.7 Å². The van der Waals surface area contributed by atoms with E-state index in [-0.39, 0.29) is 5.56 Å². The summed E-state index contributed by atoms with van der Waals surface area (Å²) in [5.74, 6) is -0.938. The number of ketones is 1. The second kappa shape index (κ2) is 5.21. The fraction of sp³-hybridized carbons (Fsp3) is 0.500. The van der Waals surface area contributed by atoms with Crippen molar-refractivity contribution in [3.63, 3.8) is 0 Å². The summed E-state index contributed by atoms with van der Waals surface area (Å²) in [6.07, 6.45) is 1.06. The Bertz CT molecular complexity index is 619. The van der Waals surface area contributed by atoms with E-state index in [9.17, 15) is 19.2 Å². The van der Waals surface area contributed by atoms with Crippen molar-refractivity contribution in [1.82, 2.24) is 14.9 Å². The molecule has 2 N–H and O–H groups in total. The molecule has 0 aromatic carbocycles. The van der Waals surface area contributed by atoms with Gasteiger partial charge in [-0.15, -0.1) is 0 Å². The highest BCUT2D eigenvalue weighted by Crippen LogP contribution is 1.98. The molecule has 0 aliphatic heterocycles. The zero-order valence-corrected chi connectivity index (χ0v) is 11.4. The van der Waals surface area contributed by atoms with Crippen molar-refractivity contribution in [2.45, 2.75) is 39.8 Å². The molecule has 0 aliphatic rings. The molecule has 7 heteroatoms. The summed E-state index contributed by atoms with van der Waals surface area (Å²) >= 11 is 0. The number of nitrogens with one attached hydrogen (secondary N) is 2. The van der Waals surface area contributed by atoms with Gasteiger partial charge in [0.15, 0.2) is 5.78 Å². The van der Waals surface area contributed by atoms with Crippen LogP contribution >= 0.6 is 0 Å². The first kappa shape index (κ1) is 14.9. The molecular weight excluding hydrogens is 250 g/mol. The van der Waals surface area contributed by atoms with Gasteiger partial charge < -0.3 is 10.3 Å². The maximum absolute atomic E-state index is 11.9. The molecule has 1 heterocycles. The molecule has 1 aromatic heterocycles. The molecule has 0 atom stereocenters. The Balaban J connectivity index is 3.12. The molecule has 0 unspecified atom stereocenters. The van der Waals surface area contributed by atoms with Crippen LogP contribution in [0.1, 0.15) is 38.1 Å². The topological polar surface area (TPSA) is 101 Å². The van der Waals surface area contributed by atoms with Gasteiger partial charge in [-0.2, -0.15) is 0 Å². The van der Waals surface area contributed by atoms with Crippen LogP contribution in [0.2, 0.25) is 0 Å². The van der Waals surface area contributed by atoms with Crippen molar-refractivity contribution in [2.24, 2.45) is 0 Å². The predicted octanol–water partition coefficient (Wildman–Crippen LogP) is -0.346. The zero-order chi connectivity index (χ0) is 14.8. The molecule has 19 heavy (non-hydrogen) atoms. The molecule has 1 amide bonds. The number of hydrogen-bond donors (Lipinski definition) is 2. The van der Waals surface area contributed by atoms with E-state index in [1.165, 1.54) is 6.92 Å². The number of hydrogen-bond acceptors (Lipinski definition) is 4. The second-order valence-electron chi connectivity index (χ2n) is 5.25. The number of carbonyl (C=O) groups excluding carboxylic acids is 2. The third-order valence-corrected chi connectivity index (χ3v) is 2.26. The van der Waals surface area contributed by atoms with E-state index in [4.69, 9.17) is 0 Å². The lowest BCUT2D eigenvalue weighted by atomic mass is 10.1. The Kier molecular flexibility index (Phi) is 4.08. The number of H-pyrrole nitrogens is 1. The van der Waals surface area contributed by atoms with Crippen LogP contribution in [0.25, 0.3) is 0 Å². The molecule has 0 fully saturated rings. The minimum absolute atomic E-state index is 0.150. The molecule has 0 saturated heterocycles. The Morgan fingerprint density at radius 2 is 1.89 bits per heavy atom. The van der Waals surface area contributed by atoms with Gasteiger partial charge in [0.2, 0.25) is 5.91 Å². The lowest BCUT2D eigenvalue weighted by Gasteiger charge is -2.20. The number of amides is 1. The van der Waals surface area contributed by atoms with Crippen LogP contribution in [0.4, 0.5) is 0 Å². The minimum Gasteiger partial charge on any atom is -0.350 e. The van der Waals surface area contributed by atoms with Crippen LogP contribution < -0.4 is 16.6 Å². The summed E-state index contributed by atoms with van der Waals surface area (Å²) in [6, 6.07) is 0. The molecular formula is C12H17N3O4. The average molecular weight is 267 g/mol. The minimum atomic E-state index is -0.764. The smallest absolute Gasteiger partial charge is 0.328 e. The van der Waals surface area contributed by atoms with E-state index in [1.54, 1.807) is 20.8 Å². The van der Waals surface area contributed by atoms with Gasteiger partial charge in [-0.25, -0.2) is 4.79 Å². The summed E-state index contributed by atoms with van der Waals surface area (Å²) in [5, 5.41) is 2.63. The van der Waals surface area contributed by atoms with Gasteiger partial charge in [-0.3, -0.25) is 19.0 Å². The van der Waals surface area contributed by atoms with E-state index < -0.39 is 35.0 Å². The lowest BCUT2D eigenvalue weighted by molar-refractivity contribution is -0.123. The number of aromatic nitrogens is 2. The molecule has 104 valence electrons. The van der Waals surface area contributed by atoms with Gasteiger partial charge in [-0.1, -0.05) is 0 Å². The number of aromatic amines is 1. The number of nitrogens with zero attached hydrogens (tertiary/aromatic N) is 1. The van der Waals surface area contributed by atoms with Crippen molar-refractivity contribution in [1.29, 1.82) is 0 Å². The predicted molar refractivity (Wildman–Crippen MR) is 69.2 cm³/mol. The van der Waals surface area contributed by atoms with Crippen molar-refractivity contribution >= 4 is 11.7 Å². The fourth-order valence-corrected chi connectivity index (χ4v) is 1.51. The maximum Gasteiger partial charge on any atom is 0.328 e. The summed E-state index contributed by atoms with van der Waals surface area (Å²) in [5.41, 5.74) is -2.10. The van der Waals surface area contributed by atoms with Gasteiger partial charge in [0.05, 0.1) is 5.56 Å². The van der Waals surface area contributed by atoms with E-state index in [1.807, 2.05) is 0 Å². The van der Waals surface area contributed by atoms with Crippen LogP contribution in [0.5, 0.6) is 0 Å². The van der Waals surface area contributed by atoms with E-state index in [0.717, 1.165) is 6.20 Å². The molecule has 0 aliphatic carbocycles. The zero-order valence-electron chi connectivity index (χ0n) is 11.4. The Labute approximate surface area is 109 Å². The largest absolute Gasteiger partial charge is 0.350 e. The summed E-state index contributed by atoms with van der Waals surface area (Å²) < 4.78 is 0.706. The van der Waals surface area contributed by atoms with Gasteiger partial charge in [0, 0.05) is 11.7 Å². The first-order valence-corrected chi connectivity index (χ1v) is 5.76. The third kappa shape index (κ3) is 3.90. The lowest BCUT2D eigenvalue weighted by Crippen LogP contribution is -2.47. The molecule has 7 nitrogen and oxygen atoms in total. The van der Waals surface area contributed by atoms with Crippen LogP contribution in [-0.4, -0.2) is 26.8 Å².